The van der Waals surface area contributed by atoms with Crippen molar-refractivity contribution in [3.8, 4) is 0 Å². The zero-order chi connectivity index (χ0) is 15.3. The second-order valence-electron chi connectivity index (χ2n) is 6.54. The van der Waals surface area contributed by atoms with Crippen LogP contribution in [0.15, 0.2) is 30.3 Å². The van der Waals surface area contributed by atoms with Gasteiger partial charge in [0.2, 0.25) is 5.91 Å². The number of aliphatic hydroxyl groups is 1. The third kappa shape index (κ3) is 4.85. The maximum absolute atomic E-state index is 12.2. The molecule has 116 valence electrons. The number of carbonyl (C=O) groups is 1. The number of rotatable bonds is 5. The molecule has 1 fully saturated rings. The molecule has 1 aromatic rings. The average molecular weight is 289 g/mol. The van der Waals surface area contributed by atoms with E-state index in [4.69, 9.17) is 0 Å². The molecule has 1 heterocycles. The van der Waals surface area contributed by atoms with Gasteiger partial charge >= 0.3 is 0 Å². The highest BCUT2D eigenvalue weighted by atomic mass is 16.3. The van der Waals surface area contributed by atoms with Crippen LogP contribution < -0.4 is 0 Å². The van der Waals surface area contributed by atoms with Crippen LogP contribution in [-0.2, 0) is 11.2 Å². The molecule has 1 aliphatic heterocycles. The molecule has 2 rings (SSSR count). The van der Waals surface area contributed by atoms with Crippen molar-refractivity contribution >= 4 is 5.91 Å². The maximum Gasteiger partial charge on any atom is 0.225 e. The highest BCUT2D eigenvalue weighted by molar-refractivity contribution is 5.77. The second kappa shape index (κ2) is 7.08. The molecular weight excluding hydrogens is 262 g/mol. The number of likely N-dealkylation sites (tertiary alicyclic amines) is 1. The Morgan fingerprint density at radius 2 is 1.90 bits per heavy atom. The number of nitrogens with zero attached hydrogens (tertiary/aromatic N) is 1. The van der Waals surface area contributed by atoms with Crippen LogP contribution >= 0.6 is 0 Å². The summed E-state index contributed by atoms with van der Waals surface area (Å²) in [5.41, 5.74) is 0.522. The summed E-state index contributed by atoms with van der Waals surface area (Å²) in [6.45, 7) is 5.32. The molecule has 1 saturated heterocycles. The lowest BCUT2D eigenvalue weighted by atomic mass is 9.89. The highest BCUT2D eigenvalue weighted by Crippen LogP contribution is 2.23. The van der Waals surface area contributed by atoms with Gasteiger partial charge in [-0.3, -0.25) is 4.79 Å². The van der Waals surface area contributed by atoms with Gasteiger partial charge in [0.15, 0.2) is 0 Å². The molecule has 1 amide bonds. The summed E-state index contributed by atoms with van der Waals surface area (Å²) in [5, 5.41) is 10.0. The summed E-state index contributed by atoms with van der Waals surface area (Å²) in [4.78, 5) is 14.1. The third-order valence-electron chi connectivity index (χ3n) is 4.63. The molecule has 0 aromatic heterocycles. The monoisotopic (exact) mass is 289 g/mol. The number of benzene rings is 1. The van der Waals surface area contributed by atoms with E-state index in [1.165, 1.54) is 5.56 Å². The van der Waals surface area contributed by atoms with Gasteiger partial charge in [-0.1, -0.05) is 37.3 Å². The fourth-order valence-corrected chi connectivity index (χ4v) is 2.90. The van der Waals surface area contributed by atoms with E-state index in [-0.39, 0.29) is 12.3 Å². The van der Waals surface area contributed by atoms with Crippen molar-refractivity contribution in [2.75, 3.05) is 13.1 Å². The van der Waals surface area contributed by atoms with E-state index >= 15 is 0 Å². The molecule has 0 spiro atoms. The predicted octanol–water partition coefficient (Wildman–Crippen LogP) is 3.02. The zero-order valence-electron chi connectivity index (χ0n) is 13.2. The fourth-order valence-electron chi connectivity index (χ4n) is 2.90. The largest absolute Gasteiger partial charge is 0.390 e. The summed E-state index contributed by atoms with van der Waals surface area (Å²) < 4.78 is 0. The lowest BCUT2D eigenvalue weighted by Crippen LogP contribution is -2.42. The summed E-state index contributed by atoms with van der Waals surface area (Å²) in [7, 11) is 0. The van der Waals surface area contributed by atoms with E-state index in [9.17, 15) is 9.90 Å². The van der Waals surface area contributed by atoms with Crippen LogP contribution in [0.2, 0.25) is 0 Å². The van der Waals surface area contributed by atoms with Crippen molar-refractivity contribution in [2.45, 2.75) is 51.6 Å². The number of piperidine rings is 1. The number of hydrogen-bond acceptors (Lipinski definition) is 2. The average Bonchev–Trinajstić information content (AvgIpc) is 2.48. The minimum absolute atomic E-state index is 0.0972. The molecule has 0 aliphatic carbocycles. The molecule has 21 heavy (non-hydrogen) atoms. The Bertz CT molecular complexity index is 448. The van der Waals surface area contributed by atoms with Gasteiger partial charge in [0.05, 0.1) is 12.0 Å². The number of carbonyl (C=O) groups excluding carboxylic acids is 1. The van der Waals surface area contributed by atoms with Gasteiger partial charge in [0.25, 0.3) is 0 Å². The van der Waals surface area contributed by atoms with Crippen molar-refractivity contribution in [1.82, 2.24) is 4.90 Å². The van der Waals surface area contributed by atoms with Crippen molar-refractivity contribution in [1.29, 1.82) is 0 Å². The first kappa shape index (κ1) is 16.0. The Morgan fingerprint density at radius 3 is 2.48 bits per heavy atom. The first-order valence-corrected chi connectivity index (χ1v) is 8.04. The SMILES string of the molecule is CCC(C)(O)CC(=O)N1CCC(Cc2ccccc2)CC1. The van der Waals surface area contributed by atoms with Gasteiger partial charge in [-0.05, 0) is 44.1 Å². The van der Waals surface area contributed by atoms with E-state index in [0.29, 0.717) is 12.3 Å². The summed E-state index contributed by atoms with van der Waals surface area (Å²) in [6, 6.07) is 10.6. The molecule has 1 aromatic carbocycles. The summed E-state index contributed by atoms with van der Waals surface area (Å²) in [6.07, 6.45) is 4.09. The molecule has 1 unspecified atom stereocenters. The van der Waals surface area contributed by atoms with E-state index in [1.807, 2.05) is 17.9 Å². The van der Waals surface area contributed by atoms with Crippen LogP contribution in [0, 0.1) is 5.92 Å². The Balaban J connectivity index is 1.79. The topological polar surface area (TPSA) is 40.5 Å². The summed E-state index contributed by atoms with van der Waals surface area (Å²) >= 11 is 0. The maximum atomic E-state index is 12.2. The normalized spacial score (nSPS) is 19.3. The lowest BCUT2D eigenvalue weighted by Gasteiger charge is -2.34. The van der Waals surface area contributed by atoms with Crippen LogP contribution in [-0.4, -0.2) is 34.6 Å². The Kier molecular flexibility index (Phi) is 5.40. The Labute approximate surface area is 128 Å². The standard InChI is InChI=1S/C18H27NO2/c1-3-18(2,21)14-17(20)19-11-9-16(10-12-19)13-15-7-5-4-6-8-15/h4-8,16,21H,3,9-14H2,1-2H3. The van der Waals surface area contributed by atoms with E-state index in [1.54, 1.807) is 6.92 Å². The van der Waals surface area contributed by atoms with Crippen LogP contribution in [0.1, 0.15) is 45.1 Å². The number of hydrogen-bond donors (Lipinski definition) is 1. The van der Waals surface area contributed by atoms with Crippen LogP contribution in [0.3, 0.4) is 0 Å². The summed E-state index contributed by atoms with van der Waals surface area (Å²) in [5.74, 6) is 0.767. The molecule has 1 aliphatic rings. The quantitative estimate of drug-likeness (QED) is 0.905. The van der Waals surface area contributed by atoms with Gasteiger partial charge in [-0.15, -0.1) is 0 Å². The van der Waals surface area contributed by atoms with Crippen molar-refractivity contribution < 1.29 is 9.90 Å². The smallest absolute Gasteiger partial charge is 0.225 e. The molecule has 1 atom stereocenters. The number of amides is 1. The first-order valence-electron chi connectivity index (χ1n) is 8.04. The fraction of sp³-hybridized carbons (Fsp3) is 0.611. The highest BCUT2D eigenvalue weighted by Gasteiger charge is 2.28. The molecule has 1 N–H and O–H groups in total. The second-order valence-corrected chi connectivity index (χ2v) is 6.54. The molecule has 0 bridgehead atoms. The van der Waals surface area contributed by atoms with Crippen molar-refractivity contribution in [3.63, 3.8) is 0 Å². The van der Waals surface area contributed by atoms with E-state index in [0.717, 1.165) is 32.4 Å². The van der Waals surface area contributed by atoms with Crippen LogP contribution in [0.5, 0.6) is 0 Å². The van der Waals surface area contributed by atoms with Gasteiger partial charge in [-0.25, -0.2) is 0 Å². The van der Waals surface area contributed by atoms with E-state index in [2.05, 4.69) is 24.3 Å². The van der Waals surface area contributed by atoms with E-state index < -0.39 is 5.60 Å². The Morgan fingerprint density at radius 1 is 1.29 bits per heavy atom. The predicted molar refractivity (Wildman–Crippen MR) is 85.0 cm³/mol. The minimum atomic E-state index is -0.863. The van der Waals surface area contributed by atoms with Gasteiger partial charge in [0.1, 0.15) is 0 Å². The molecule has 3 nitrogen and oxygen atoms in total. The molecule has 3 heteroatoms. The van der Waals surface area contributed by atoms with Crippen LogP contribution in [0.25, 0.3) is 0 Å². The van der Waals surface area contributed by atoms with Gasteiger partial charge < -0.3 is 10.0 Å². The minimum Gasteiger partial charge on any atom is -0.390 e. The zero-order valence-corrected chi connectivity index (χ0v) is 13.2. The molecule has 0 radical (unpaired) electrons. The van der Waals surface area contributed by atoms with Crippen LogP contribution in [0.4, 0.5) is 0 Å². The van der Waals surface area contributed by atoms with Crippen molar-refractivity contribution in [2.24, 2.45) is 5.92 Å². The first-order chi connectivity index (χ1) is 10.00. The Hall–Kier alpha value is -1.35. The van der Waals surface area contributed by atoms with Crippen molar-refractivity contribution in [3.05, 3.63) is 35.9 Å². The third-order valence-corrected chi connectivity index (χ3v) is 4.63. The van der Waals surface area contributed by atoms with Gasteiger partial charge in [0, 0.05) is 13.1 Å². The lowest BCUT2D eigenvalue weighted by molar-refractivity contribution is -0.137. The van der Waals surface area contributed by atoms with Gasteiger partial charge in [-0.2, -0.15) is 0 Å². The molecule has 0 saturated carbocycles. The molecular formula is C18H27NO2.